The van der Waals surface area contributed by atoms with Gasteiger partial charge >= 0.3 is 5.97 Å². The first-order valence-electron chi connectivity index (χ1n) is 12.7. The number of halogens is 2. The predicted octanol–water partition coefficient (Wildman–Crippen LogP) is 7.68. The lowest BCUT2D eigenvalue weighted by molar-refractivity contribution is 0.0600. The molecule has 1 aliphatic carbocycles. The van der Waals surface area contributed by atoms with Crippen LogP contribution in [0.5, 0.6) is 5.75 Å². The third-order valence-electron chi connectivity index (χ3n) is 7.08. The Kier molecular flexibility index (Phi) is 7.61. The monoisotopic (exact) mass is 578 g/mol. The summed E-state index contributed by atoms with van der Waals surface area (Å²) in [5.74, 6) is -0.00306. The van der Waals surface area contributed by atoms with E-state index in [1.54, 1.807) is 42.5 Å². The van der Waals surface area contributed by atoms with Crippen molar-refractivity contribution >= 4 is 38.7 Å². The van der Waals surface area contributed by atoms with Crippen molar-refractivity contribution < 1.29 is 23.5 Å². The number of benzene rings is 3. The molecule has 1 saturated carbocycles. The fraction of sp³-hybridized carbons (Fsp3) is 0.300. The fourth-order valence-electron chi connectivity index (χ4n) is 5.07. The van der Waals surface area contributed by atoms with Crippen LogP contribution >= 0.6 is 15.9 Å². The SMILES string of the molecule is COC(=O)c1ccc2c(c1)nc(-c1ccc(OCc3cc(C(C)=O)ccc3Br)cc1F)n2C1CCCCC1. The molecule has 0 unspecified atom stereocenters. The molecule has 0 saturated heterocycles. The predicted molar refractivity (Wildman–Crippen MR) is 147 cm³/mol. The number of carbonyl (C=O) groups is 2. The maximum Gasteiger partial charge on any atom is 0.337 e. The number of carbonyl (C=O) groups excluding carboxylic acids is 2. The summed E-state index contributed by atoms with van der Waals surface area (Å²) in [6.07, 6.45) is 5.40. The number of hydrogen-bond donors (Lipinski definition) is 0. The zero-order valence-corrected chi connectivity index (χ0v) is 22.9. The van der Waals surface area contributed by atoms with Gasteiger partial charge in [0.1, 0.15) is 24.0 Å². The molecule has 196 valence electrons. The first-order chi connectivity index (χ1) is 18.4. The average Bonchev–Trinajstić information content (AvgIpc) is 3.31. The zero-order valence-electron chi connectivity index (χ0n) is 21.3. The van der Waals surface area contributed by atoms with Crippen molar-refractivity contribution in [2.24, 2.45) is 0 Å². The van der Waals surface area contributed by atoms with Crippen molar-refractivity contribution in [2.75, 3.05) is 7.11 Å². The van der Waals surface area contributed by atoms with Crippen LogP contribution in [0.2, 0.25) is 0 Å². The van der Waals surface area contributed by atoms with Crippen LogP contribution in [0.3, 0.4) is 0 Å². The van der Waals surface area contributed by atoms with E-state index in [0.717, 1.165) is 41.2 Å². The van der Waals surface area contributed by atoms with Gasteiger partial charge in [-0.2, -0.15) is 0 Å². The summed E-state index contributed by atoms with van der Waals surface area (Å²) in [7, 11) is 1.34. The highest BCUT2D eigenvalue weighted by Crippen LogP contribution is 2.37. The van der Waals surface area contributed by atoms with E-state index in [-0.39, 0.29) is 18.4 Å². The minimum atomic E-state index is -0.445. The summed E-state index contributed by atoms with van der Waals surface area (Å²) in [4.78, 5) is 28.6. The Morgan fingerprint density at radius 3 is 2.50 bits per heavy atom. The third-order valence-corrected chi connectivity index (χ3v) is 7.85. The lowest BCUT2D eigenvalue weighted by Crippen LogP contribution is -2.14. The van der Waals surface area contributed by atoms with Crippen LogP contribution in [-0.4, -0.2) is 28.4 Å². The zero-order chi connectivity index (χ0) is 26.8. The Hall–Kier alpha value is -3.52. The van der Waals surface area contributed by atoms with Crippen LogP contribution in [0, 0.1) is 5.82 Å². The highest BCUT2D eigenvalue weighted by Gasteiger charge is 2.24. The van der Waals surface area contributed by atoms with Crippen LogP contribution in [0.1, 0.15) is 71.3 Å². The summed E-state index contributed by atoms with van der Waals surface area (Å²) in [6, 6.07) is 15.6. The van der Waals surface area contributed by atoms with Crippen molar-refractivity contribution in [2.45, 2.75) is 51.7 Å². The lowest BCUT2D eigenvalue weighted by Gasteiger charge is -2.25. The van der Waals surface area contributed by atoms with Crippen molar-refractivity contribution in [3.63, 3.8) is 0 Å². The van der Waals surface area contributed by atoms with E-state index in [1.807, 2.05) is 6.07 Å². The molecule has 0 N–H and O–H groups in total. The molecule has 5 rings (SSSR count). The molecule has 0 amide bonds. The number of aromatic nitrogens is 2. The van der Waals surface area contributed by atoms with Gasteiger partial charge in [-0.1, -0.05) is 41.3 Å². The molecular formula is C30H28BrFN2O4. The number of ether oxygens (including phenoxy) is 2. The number of nitrogens with zero attached hydrogens (tertiary/aromatic N) is 2. The Morgan fingerprint density at radius 1 is 1.03 bits per heavy atom. The second-order valence-corrected chi connectivity index (χ2v) is 10.4. The van der Waals surface area contributed by atoms with Gasteiger partial charge in [0, 0.05) is 27.7 Å². The molecule has 0 radical (unpaired) electrons. The smallest absolute Gasteiger partial charge is 0.337 e. The van der Waals surface area contributed by atoms with E-state index in [4.69, 9.17) is 14.5 Å². The fourth-order valence-corrected chi connectivity index (χ4v) is 5.44. The van der Waals surface area contributed by atoms with Crippen molar-refractivity contribution in [1.29, 1.82) is 0 Å². The minimum Gasteiger partial charge on any atom is -0.489 e. The summed E-state index contributed by atoms with van der Waals surface area (Å²) in [5, 5.41) is 0. The van der Waals surface area contributed by atoms with Crippen molar-refractivity contribution in [3.8, 4) is 17.1 Å². The largest absolute Gasteiger partial charge is 0.489 e. The van der Waals surface area contributed by atoms with Gasteiger partial charge in [0.15, 0.2) is 5.78 Å². The molecule has 0 bridgehead atoms. The van der Waals surface area contributed by atoms with E-state index >= 15 is 4.39 Å². The summed E-state index contributed by atoms with van der Waals surface area (Å²) >= 11 is 3.49. The number of hydrogen-bond acceptors (Lipinski definition) is 5. The lowest BCUT2D eigenvalue weighted by atomic mass is 9.94. The maximum absolute atomic E-state index is 15.6. The summed E-state index contributed by atoms with van der Waals surface area (Å²) in [6.45, 7) is 1.69. The third kappa shape index (κ3) is 5.23. The standard InChI is InChI=1S/C30H28BrFN2O4/c1-18(35)19-8-12-25(31)21(14-19)17-38-23-10-11-24(26(32)16-23)29-33-27-15-20(30(36)37-2)9-13-28(27)34(29)22-6-4-3-5-7-22/h8-16,22H,3-7,17H2,1-2H3. The Labute approximate surface area is 228 Å². The molecule has 1 aliphatic rings. The molecule has 1 heterocycles. The Balaban J connectivity index is 1.49. The molecule has 4 aromatic rings. The molecule has 8 heteroatoms. The summed E-state index contributed by atoms with van der Waals surface area (Å²) < 4.78 is 29.3. The van der Waals surface area contributed by atoms with Gasteiger partial charge in [0.2, 0.25) is 0 Å². The number of methoxy groups -OCH3 is 1. The number of rotatable bonds is 7. The molecule has 3 aromatic carbocycles. The highest BCUT2D eigenvalue weighted by molar-refractivity contribution is 9.10. The van der Waals surface area contributed by atoms with E-state index in [0.29, 0.717) is 33.8 Å². The Morgan fingerprint density at radius 2 is 1.79 bits per heavy atom. The van der Waals surface area contributed by atoms with Gasteiger partial charge in [-0.3, -0.25) is 4.79 Å². The van der Waals surface area contributed by atoms with Crippen LogP contribution in [0.25, 0.3) is 22.4 Å². The minimum absolute atomic E-state index is 0.0336. The number of fused-ring (bicyclic) bond motifs is 1. The molecule has 6 nitrogen and oxygen atoms in total. The molecule has 38 heavy (non-hydrogen) atoms. The van der Waals surface area contributed by atoms with Crippen molar-refractivity contribution in [1.82, 2.24) is 9.55 Å². The van der Waals surface area contributed by atoms with Crippen LogP contribution < -0.4 is 4.74 Å². The maximum atomic E-state index is 15.6. The quantitative estimate of drug-likeness (QED) is 0.166. The van der Waals surface area contributed by atoms with Gasteiger partial charge < -0.3 is 14.0 Å². The van der Waals surface area contributed by atoms with Gasteiger partial charge in [-0.05, 0) is 62.2 Å². The number of imidazole rings is 1. The van der Waals surface area contributed by atoms with Crippen LogP contribution in [0.15, 0.2) is 59.1 Å². The van der Waals surface area contributed by atoms with Gasteiger partial charge in [-0.25, -0.2) is 14.2 Å². The molecule has 0 aliphatic heterocycles. The number of esters is 1. The first-order valence-corrected chi connectivity index (χ1v) is 13.5. The number of ketones is 1. The van der Waals surface area contributed by atoms with Gasteiger partial charge in [-0.15, -0.1) is 0 Å². The van der Waals surface area contributed by atoms with E-state index < -0.39 is 11.8 Å². The topological polar surface area (TPSA) is 70.4 Å². The average molecular weight is 579 g/mol. The van der Waals surface area contributed by atoms with E-state index in [9.17, 15) is 9.59 Å². The molecule has 0 spiro atoms. The van der Waals surface area contributed by atoms with Gasteiger partial charge in [0.25, 0.3) is 0 Å². The highest BCUT2D eigenvalue weighted by atomic mass is 79.9. The van der Waals surface area contributed by atoms with E-state index in [1.165, 1.54) is 26.5 Å². The second-order valence-electron chi connectivity index (χ2n) is 9.59. The number of Topliss-reactive ketones (excluding diaryl/α,β-unsaturated/α-hetero) is 1. The molecular weight excluding hydrogens is 551 g/mol. The second kappa shape index (κ2) is 11.1. The Bertz CT molecular complexity index is 1520. The van der Waals surface area contributed by atoms with Crippen molar-refractivity contribution in [3.05, 3.63) is 81.6 Å². The molecule has 0 atom stereocenters. The molecule has 1 aromatic heterocycles. The van der Waals surface area contributed by atoms with E-state index in [2.05, 4.69) is 20.5 Å². The molecule has 1 fully saturated rings. The van der Waals surface area contributed by atoms with Gasteiger partial charge in [0.05, 0.1) is 29.3 Å². The van der Waals surface area contributed by atoms with Crippen LogP contribution in [-0.2, 0) is 11.3 Å². The summed E-state index contributed by atoms with van der Waals surface area (Å²) in [5.41, 5.74) is 3.66. The van der Waals surface area contributed by atoms with Crippen LogP contribution in [0.4, 0.5) is 4.39 Å². The normalized spacial score (nSPS) is 14.0. The first kappa shape index (κ1) is 26.1.